The molecular formula is C12H23N3S. The van der Waals surface area contributed by atoms with E-state index in [9.17, 15) is 0 Å². The molecule has 0 saturated heterocycles. The van der Waals surface area contributed by atoms with Crippen molar-refractivity contribution in [3.63, 3.8) is 0 Å². The Morgan fingerprint density at radius 1 is 1.31 bits per heavy atom. The predicted molar refractivity (Wildman–Crippen MR) is 70.1 cm³/mol. The average Bonchev–Trinajstić information content (AvgIpc) is 2.68. The molecule has 2 unspecified atom stereocenters. The number of likely N-dealkylation sites (N-methyl/N-ethyl adjacent to an activating group) is 1. The monoisotopic (exact) mass is 241 g/mol. The van der Waals surface area contributed by atoms with Crippen LogP contribution in [-0.4, -0.2) is 21.9 Å². The van der Waals surface area contributed by atoms with Gasteiger partial charge in [0.2, 0.25) is 0 Å². The molecular weight excluding hydrogens is 218 g/mol. The van der Waals surface area contributed by atoms with Crippen molar-refractivity contribution in [2.75, 3.05) is 6.54 Å². The summed E-state index contributed by atoms with van der Waals surface area (Å²) in [6.45, 7) is 9.78. The molecule has 1 N–H and O–H groups in total. The van der Waals surface area contributed by atoms with E-state index in [0.29, 0.717) is 12.0 Å². The Labute approximate surface area is 103 Å². The molecule has 4 heteroatoms. The summed E-state index contributed by atoms with van der Waals surface area (Å²) in [7, 11) is 0. The molecule has 0 aromatic carbocycles. The molecule has 3 nitrogen and oxygen atoms in total. The van der Waals surface area contributed by atoms with E-state index in [-0.39, 0.29) is 0 Å². The van der Waals surface area contributed by atoms with Gasteiger partial charge in [0.25, 0.3) is 0 Å². The van der Waals surface area contributed by atoms with Crippen molar-refractivity contribution in [2.45, 2.75) is 58.9 Å². The molecule has 0 fully saturated rings. The third kappa shape index (κ3) is 3.52. The van der Waals surface area contributed by atoms with E-state index in [4.69, 9.17) is 0 Å². The van der Waals surface area contributed by atoms with Gasteiger partial charge in [0.05, 0.1) is 0 Å². The summed E-state index contributed by atoms with van der Waals surface area (Å²) in [5.74, 6) is 1.52. The van der Waals surface area contributed by atoms with Crippen LogP contribution in [0.1, 0.15) is 57.3 Å². The Balaban J connectivity index is 2.70. The van der Waals surface area contributed by atoms with Crippen LogP contribution < -0.4 is 5.32 Å². The quantitative estimate of drug-likeness (QED) is 0.797. The van der Waals surface area contributed by atoms with Gasteiger partial charge in [-0.05, 0) is 37.8 Å². The normalized spacial score (nSPS) is 15.0. The SMILES string of the molecule is CCCc1nsc(C(CC)C(C)NCC)n1. The molecule has 0 radical (unpaired) electrons. The van der Waals surface area contributed by atoms with Crippen molar-refractivity contribution in [2.24, 2.45) is 0 Å². The van der Waals surface area contributed by atoms with Crippen LogP contribution in [0, 0.1) is 0 Å². The van der Waals surface area contributed by atoms with Gasteiger partial charge < -0.3 is 5.32 Å². The number of hydrogen-bond acceptors (Lipinski definition) is 4. The maximum Gasteiger partial charge on any atom is 0.142 e. The average molecular weight is 241 g/mol. The molecule has 1 rings (SSSR count). The zero-order chi connectivity index (χ0) is 12.0. The molecule has 0 aliphatic heterocycles. The van der Waals surface area contributed by atoms with Gasteiger partial charge in [0, 0.05) is 18.4 Å². The van der Waals surface area contributed by atoms with Crippen LogP contribution in [0.3, 0.4) is 0 Å². The smallest absolute Gasteiger partial charge is 0.142 e. The van der Waals surface area contributed by atoms with Crippen LogP contribution in [0.5, 0.6) is 0 Å². The van der Waals surface area contributed by atoms with Crippen molar-refractivity contribution in [1.29, 1.82) is 0 Å². The van der Waals surface area contributed by atoms with Gasteiger partial charge in [-0.3, -0.25) is 0 Å². The molecule has 1 aromatic rings. The summed E-state index contributed by atoms with van der Waals surface area (Å²) in [6.07, 6.45) is 3.24. The summed E-state index contributed by atoms with van der Waals surface area (Å²) in [6, 6.07) is 0.484. The Bertz CT molecular complexity index is 298. The van der Waals surface area contributed by atoms with Crippen molar-refractivity contribution in [1.82, 2.24) is 14.7 Å². The molecule has 1 aromatic heterocycles. The molecule has 0 aliphatic rings. The highest BCUT2D eigenvalue weighted by Crippen LogP contribution is 2.25. The maximum absolute atomic E-state index is 4.64. The zero-order valence-electron chi connectivity index (χ0n) is 10.8. The molecule has 1 heterocycles. The lowest BCUT2D eigenvalue weighted by molar-refractivity contribution is 0.458. The molecule has 2 atom stereocenters. The lowest BCUT2D eigenvalue weighted by Crippen LogP contribution is -2.31. The Hall–Kier alpha value is -0.480. The second-order valence-electron chi connectivity index (χ2n) is 4.16. The lowest BCUT2D eigenvalue weighted by Gasteiger charge is -2.20. The summed E-state index contributed by atoms with van der Waals surface area (Å²) < 4.78 is 4.42. The van der Waals surface area contributed by atoms with E-state index < -0.39 is 0 Å². The first kappa shape index (κ1) is 13.6. The highest BCUT2D eigenvalue weighted by atomic mass is 32.1. The van der Waals surface area contributed by atoms with Gasteiger partial charge in [-0.25, -0.2) is 4.98 Å². The van der Waals surface area contributed by atoms with Gasteiger partial charge >= 0.3 is 0 Å². The fourth-order valence-corrected chi connectivity index (χ4v) is 2.93. The van der Waals surface area contributed by atoms with Crippen LogP contribution in [0.2, 0.25) is 0 Å². The summed E-state index contributed by atoms with van der Waals surface area (Å²) >= 11 is 1.58. The molecule has 0 amide bonds. The molecule has 0 spiro atoms. The Morgan fingerprint density at radius 3 is 2.62 bits per heavy atom. The van der Waals surface area contributed by atoms with E-state index in [0.717, 1.165) is 31.6 Å². The fourth-order valence-electron chi connectivity index (χ4n) is 1.95. The second-order valence-corrected chi connectivity index (χ2v) is 4.94. The number of nitrogens with one attached hydrogen (secondary N) is 1. The molecule has 0 aliphatic carbocycles. The number of hydrogen-bond donors (Lipinski definition) is 1. The van der Waals surface area contributed by atoms with Gasteiger partial charge in [-0.2, -0.15) is 4.37 Å². The van der Waals surface area contributed by atoms with Gasteiger partial charge in [0.1, 0.15) is 10.8 Å². The third-order valence-corrected chi connectivity index (χ3v) is 3.73. The van der Waals surface area contributed by atoms with Crippen molar-refractivity contribution in [3.8, 4) is 0 Å². The summed E-state index contributed by atoms with van der Waals surface area (Å²) in [5.41, 5.74) is 0. The van der Waals surface area contributed by atoms with Crippen LogP contribution in [0.4, 0.5) is 0 Å². The number of aryl methyl sites for hydroxylation is 1. The van der Waals surface area contributed by atoms with Crippen molar-refractivity contribution < 1.29 is 0 Å². The molecule has 0 saturated carbocycles. The number of nitrogens with zero attached hydrogens (tertiary/aromatic N) is 2. The third-order valence-electron chi connectivity index (χ3n) is 2.84. The lowest BCUT2D eigenvalue weighted by atomic mass is 9.99. The van der Waals surface area contributed by atoms with Crippen LogP contribution in [-0.2, 0) is 6.42 Å². The van der Waals surface area contributed by atoms with Crippen molar-refractivity contribution >= 4 is 11.5 Å². The van der Waals surface area contributed by atoms with Crippen LogP contribution in [0.25, 0.3) is 0 Å². The molecule has 16 heavy (non-hydrogen) atoms. The Morgan fingerprint density at radius 2 is 2.06 bits per heavy atom. The second kappa shape index (κ2) is 6.97. The summed E-state index contributed by atoms with van der Waals surface area (Å²) in [4.78, 5) is 4.64. The number of rotatable bonds is 7. The minimum absolute atomic E-state index is 0.484. The highest BCUT2D eigenvalue weighted by molar-refractivity contribution is 7.05. The van der Waals surface area contributed by atoms with E-state index >= 15 is 0 Å². The van der Waals surface area contributed by atoms with Crippen LogP contribution in [0.15, 0.2) is 0 Å². The largest absolute Gasteiger partial charge is 0.314 e. The van der Waals surface area contributed by atoms with E-state index in [1.807, 2.05) is 0 Å². The first-order valence-corrected chi connectivity index (χ1v) is 7.06. The minimum Gasteiger partial charge on any atom is -0.314 e. The van der Waals surface area contributed by atoms with E-state index in [2.05, 4.69) is 42.4 Å². The minimum atomic E-state index is 0.484. The maximum atomic E-state index is 4.64. The van der Waals surface area contributed by atoms with E-state index in [1.165, 1.54) is 5.01 Å². The van der Waals surface area contributed by atoms with Gasteiger partial charge in [-0.1, -0.05) is 20.8 Å². The zero-order valence-corrected chi connectivity index (χ0v) is 11.6. The van der Waals surface area contributed by atoms with Crippen molar-refractivity contribution in [3.05, 3.63) is 10.8 Å². The van der Waals surface area contributed by atoms with Gasteiger partial charge in [-0.15, -0.1) is 0 Å². The standard InChI is InChI=1S/C12H23N3S/c1-5-8-11-14-12(16-15-11)10(6-2)9(4)13-7-3/h9-10,13H,5-8H2,1-4H3. The Kier molecular flexibility index (Phi) is 5.91. The first-order valence-electron chi connectivity index (χ1n) is 6.28. The van der Waals surface area contributed by atoms with Crippen LogP contribution >= 0.6 is 11.5 Å². The predicted octanol–water partition coefficient (Wildman–Crippen LogP) is 2.98. The highest BCUT2D eigenvalue weighted by Gasteiger charge is 2.20. The first-order chi connectivity index (χ1) is 7.72. The molecule has 92 valence electrons. The van der Waals surface area contributed by atoms with Gasteiger partial charge in [0.15, 0.2) is 0 Å². The topological polar surface area (TPSA) is 37.8 Å². The summed E-state index contributed by atoms with van der Waals surface area (Å²) in [5, 5.41) is 4.67. The van der Waals surface area contributed by atoms with E-state index in [1.54, 1.807) is 11.5 Å². The number of aromatic nitrogens is 2. The molecule has 0 bridgehead atoms. The fraction of sp³-hybridized carbons (Fsp3) is 0.833.